The molecule has 0 spiro atoms. The monoisotopic (exact) mass is 363 g/mol. The average molecular weight is 363 g/mol. The van der Waals surface area contributed by atoms with Crippen LogP contribution >= 0.6 is 0 Å². The lowest BCUT2D eigenvalue weighted by Gasteiger charge is -2.38. The Morgan fingerprint density at radius 1 is 1.15 bits per heavy atom. The van der Waals surface area contributed by atoms with E-state index in [4.69, 9.17) is 4.74 Å². The van der Waals surface area contributed by atoms with Gasteiger partial charge in [0.2, 0.25) is 5.91 Å². The third kappa shape index (κ3) is 2.94. The molecule has 0 fully saturated rings. The van der Waals surface area contributed by atoms with Crippen molar-refractivity contribution in [2.45, 2.75) is 25.8 Å². The summed E-state index contributed by atoms with van der Waals surface area (Å²) in [5.41, 5.74) is 0.895. The molecule has 0 saturated carbocycles. The first-order chi connectivity index (χ1) is 12.1. The van der Waals surface area contributed by atoms with Crippen LogP contribution in [0.25, 0.3) is 5.57 Å². The fraction of sp³-hybridized carbons (Fsp3) is 0.211. The molecule has 0 aromatic heterocycles. The molecule has 1 amide bonds. The molecule has 1 aliphatic rings. The van der Waals surface area contributed by atoms with Gasteiger partial charge in [0.15, 0.2) is 0 Å². The number of fused-ring (bicyclic) bond motifs is 1. The normalized spacial score (nSPS) is 19.6. The lowest BCUT2D eigenvalue weighted by Crippen LogP contribution is -2.57. The van der Waals surface area contributed by atoms with Crippen LogP contribution in [0.5, 0.6) is 5.75 Å². The maximum Gasteiger partial charge on any atom is 0.462 e. The molecular weight excluding hydrogens is 347 g/mol. The Labute approximate surface area is 147 Å². The molecule has 0 saturated heterocycles. The van der Waals surface area contributed by atoms with E-state index in [0.717, 1.165) is 12.5 Å². The number of hydrogen-bond acceptors (Lipinski definition) is 3. The van der Waals surface area contributed by atoms with Gasteiger partial charge in [0, 0.05) is 18.1 Å². The van der Waals surface area contributed by atoms with Crippen LogP contribution in [0.15, 0.2) is 54.2 Å². The number of aryl methyl sites for hydroxylation is 1. The summed E-state index contributed by atoms with van der Waals surface area (Å²) in [5, 5.41) is 12.6. The summed E-state index contributed by atoms with van der Waals surface area (Å²) in [6.45, 7) is 2.86. The molecule has 26 heavy (non-hydrogen) atoms. The smallest absolute Gasteiger partial charge is 0.448 e. The summed E-state index contributed by atoms with van der Waals surface area (Å²) in [6.07, 6.45) is -5.17. The second-order valence-corrected chi connectivity index (χ2v) is 6.04. The van der Waals surface area contributed by atoms with Crippen LogP contribution < -0.4 is 10.1 Å². The van der Waals surface area contributed by atoms with Crippen LogP contribution in [0.4, 0.5) is 13.2 Å². The predicted octanol–water partition coefficient (Wildman–Crippen LogP) is 3.53. The second-order valence-electron chi connectivity index (χ2n) is 6.04. The number of nitrogens with one attached hydrogen (secondary N) is 1. The number of carbonyl (C=O) groups is 1. The van der Waals surface area contributed by atoms with Crippen molar-refractivity contribution in [3.63, 3.8) is 0 Å². The Hall–Kier alpha value is -2.80. The van der Waals surface area contributed by atoms with Gasteiger partial charge in [0.05, 0.1) is 0 Å². The molecule has 0 aliphatic carbocycles. The number of para-hydroxylation sites is 1. The van der Waals surface area contributed by atoms with E-state index in [1.54, 1.807) is 43.3 Å². The topological polar surface area (TPSA) is 58.6 Å². The Morgan fingerprint density at radius 3 is 2.46 bits per heavy atom. The molecule has 0 bridgehead atoms. The molecule has 1 aliphatic heterocycles. The summed E-state index contributed by atoms with van der Waals surface area (Å²) < 4.78 is 46.1. The van der Waals surface area contributed by atoms with E-state index in [1.807, 2.05) is 0 Å². The molecule has 1 atom stereocenters. The average Bonchev–Trinajstić information content (AvgIpc) is 2.54. The fourth-order valence-electron chi connectivity index (χ4n) is 2.90. The quantitative estimate of drug-likeness (QED) is 0.858. The molecule has 3 rings (SSSR count). The number of amides is 1. The Kier molecular flexibility index (Phi) is 4.28. The van der Waals surface area contributed by atoms with Gasteiger partial charge in [-0.25, -0.2) is 0 Å². The molecule has 2 aromatic carbocycles. The summed E-state index contributed by atoms with van der Waals surface area (Å²) in [5.74, 6) is -4.56. The van der Waals surface area contributed by atoms with Gasteiger partial charge in [0.25, 0.3) is 0 Å². The van der Waals surface area contributed by atoms with E-state index in [1.165, 1.54) is 12.1 Å². The number of carbonyl (C=O) groups excluding carboxylic acids is 1. The van der Waals surface area contributed by atoms with Gasteiger partial charge in [-0.15, -0.1) is 0 Å². The predicted molar refractivity (Wildman–Crippen MR) is 89.1 cm³/mol. The third-order valence-corrected chi connectivity index (χ3v) is 3.99. The van der Waals surface area contributed by atoms with Gasteiger partial charge in [-0.2, -0.15) is 13.2 Å². The summed E-state index contributed by atoms with van der Waals surface area (Å²) in [6, 6.07) is 12.8. The first kappa shape index (κ1) is 18.0. The molecule has 4 nitrogen and oxygen atoms in total. The van der Waals surface area contributed by atoms with Crippen LogP contribution in [-0.4, -0.2) is 23.0 Å². The molecule has 136 valence electrons. The molecular formula is C19H16F3NO3. The molecule has 2 N–H and O–H groups in total. The zero-order valence-electron chi connectivity index (χ0n) is 14.0. The standard InChI is InChI=1S/C19H16F3NO3/c1-11-6-5-7-13(10-11)16-14-8-3-4-9-15(14)26-18(25,19(20,21)22)17(16)23-12(2)24/h3-10,25H,1-2H3,(H,23,24). The SMILES string of the molecule is CC(=O)NC1=C(c2cccc(C)c2)c2ccccc2OC1(O)C(F)(F)F. The Balaban J connectivity index is 2.40. The van der Waals surface area contributed by atoms with Crippen LogP contribution in [0, 0.1) is 6.92 Å². The number of ether oxygens (including phenoxy) is 1. The lowest BCUT2D eigenvalue weighted by molar-refractivity contribution is -0.318. The third-order valence-electron chi connectivity index (χ3n) is 3.99. The van der Waals surface area contributed by atoms with Gasteiger partial charge in [-0.05, 0) is 18.6 Å². The minimum Gasteiger partial charge on any atom is -0.448 e. The van der Waals surface area contributed by atoms with E-state index in [2.05, 4.69) is 5.32 Å². The molecule has 1 heterocycles. The van der Waals surface area contributed by atoms with E-state index >= 15 is 0 Å². The van der Waals surface area contributed by atoms with Crippen molar-refractivity contribution in [2.75, 3.05) is 0 Å². The van der Waals surface area contributed by atoms with Crippen molar-refractivity contribution >= 4 is 11.5 Å². The number of halogens is 3. The zero-order chi connectivity index (χ0) is 19.1. The maximum atomic E-state index is 13.7. The maximum absolute atomic E-state index is 13.7. The summed E-state index contributed by atoms with van der Waals surface area (Å²) >= 11 is 0. The first-order valence-electron chi connectivity index (χ1n) is 7.80. The van der Waals surface area contributed by atoms with Crippen LogP contribution in [0.2, 0.25) is 0 Å². The van der Waals surface area contributed by atoms with E-state index in [9.17, 15) is 23.1 Å². The Bertz CT molecular complexity index is 905. The van der Waals surface area contributed by atoms with Crippen molar-refractivity contribution in [3.8, 4) is 5.75 Å². The fourth-order valence-corrected chi connectivity index (χ4v) is 2.90. The molecule has 0 radical (unpaired) electrons. The minimum absolute atomic E-state index is 0.0607. The highest BCUT2D eigenvalue weighted by molar-refractivity contribution is 5.90. The number of rotatable bonds is 2. The Morgan fingerprint density at radius 2 is 1.85 bits per heavy atom. The van der Waals surface area contributed by atoms with Crippen molar-refractivity contribution in [1.82, 2.24) is 5.32 Å². The minimum atomic E-state index is -5.17. The highest BCUT2D eigenvalue weighted by atomic mass is 19.4. The van der Waals surface area contributed by atoms with Gasteiger partial charge in [-0.3, -0.25) is 4.79 Å². The van der Waals surface area contributed by atoms with Crippen molar-refractivity contribution in [1.29, 1.82) is 0 Å². The molecule has 2 aromatic rings. The van der Waals surface area contributed by atoms with E-state index < -0.39 is 23.6 Å². The number of benzene rings is 2. The van der Waals surface area contributed by atoms with Crippen LogP contribution in [-0.2, 0) is 4.79 Å². The van der Waals surface area contributed by atoms with Crippen molar-refractivity contribution in [2.24, 2.45) is 0 Å². The molecule has 1 unspecified atom stereocenters. The molecule has 7 heteroatoms. The van der Waals surface area contributed by atoms with E-state index in [-0.39, 0.29) is 11.3 Å². The number of hydrogen-bond donors (Lipinski definition) is 2. The largest absolute Gasteiger partial charge is 0.462 e. The van der Waals surface area contributed by atoms with Crippen LogP contribution in [0.1, 0.15) is 23.6 Å². The summed E-state index contributed by atoms with van der Waals surface area (Å²) in [7, 11) is 0. The lowest BCUT2D eigenvalue weighted by atomic mass is 9.89. The first-order valence-corrected chi connectivity index (χ1v) is 7.80. The zero-order valence-corrected chi connectivity index (χ0v) is 14.0. The highest BCUT2D eigenvalue weighted by Crippen LogP contribution is 2.47. The van der Waals surface area contributed by atoms with Crippen LogP contribution in [0.3, 0.4) is 0 Å². The van der Waals surface area contributed by atoms with Gasteiger partial charge >= 0.3 is 12.0 Å². The van der Waals surface area contributed by atoms with Gasteiger partial charge < -0.3 is 15.2 Å². The van der Waals surface area contributed by atoms with Crippen molar-refractivity contribution < 1.29 is 27.8 Å². The highest BCUT2D eigenvalue weighted by Gasteiger charge is 2.62. The number of aliphatic hydroxyl groups is 1. The van der Waals surface area contributed by atoms with E-state index in [0.29, 0.717) is 11.1 Å². The van der Waals surface area contributed by atoms with Gasteiger partial charge in [0.1, 0.15) is 11.4 Å². The number of alkyl halides is 3. The summed E-state index contributed by atoms with van der Waals surface area (Å²) in [4.78, 5) is 11.6. The second kappa shape index (κ2) is 6.17. The van der Waals surface area contributed by atoms with Gasteiger partial charge in [-0.1, -0.05) is 48.0 Å². The van der Waals surface area contributed by atoms with Crippen molar-refractivity contribution in [3.05, 3.63) is 70.9 Å².